The largest absolute Gasteiger partial charge is 0.344 e. The van der Waals surface area contributed by atoms with Gasteiger partial charge in [-0.2, -0.15) is 0 Å². The molecule has 18 heavy (non-hydrogen) atoms. The van der Waals surface area contributed by atoms with Gasteiger partial charge >= 0.3 is 0 Å². The van der Waals surface area contributed by atoms with E-state index >= 15 is 0 Å². The molecule has 0 aliphatic carbocycles. The Morgan fingerprint density at radius 1 is 1.39 bits per heavy atom. The summed E-state index contributed by atoms with van der Waals surface area (Å²) in [4.78, 5) is 16.8. The smallest absolute Gasteiger partial charge is 0.226 e. The van der Waals surface area contributed by atoms with E-state index in [-0.39, 0.29) is 5.92 Å². The minimum atomic E-state index is 0.209. The fraction of sp³-hybridized carbons (Fsp3) is 0.929. The number of carbonyl (C=O) groups is 1. The van der Waals surface area contributed by atoms with Crippen molar-refractivity contribution in [3.05, 3.63) is 0 Å². The van der Waals surface area contributed by atoms with E-state index in [0.29, 0.717) is 11.9 Å². The summed E-state index contributed by atoms with van der Waals surface area (Å²) in [5, 5.41) is 3.33. The second-order valence-corrected chi connectivity index (χ2v) is 5.69. The maximum Gasteiger partial charge on any atom is 0.226 e. The van der Waals surface area contributed by atoms with Crippen LogP contribution in [0.5, 0.6) is 0 Å². The monoisotopic (exact) mass is 253 g/mol. The number of nitrogens with one attached hydrogen (secondary N) is 1. The summed E-state index contributed by atoms with van der Waals surface area (Å²) in [6, 6.07) is 0.584. The zero-order chi connectivity index (χ0) is 13.0. The zero-order valence-electron chi connectivity index (χ0n) is 11.8. The Kier molecular flexibility index (Phi) is 5.01. The molecule has 104 valence electrons. The highest BCUT2D eigenvalue weighted by atomic mass is 16.2. The Morgan fingerprint density at radius 2 is 2.22 bits per heavy atom. The van der Waals surface area contributed by atoms with E-state index in [1.165, 1.54) is 19.4 Å². The number of piperidine rings is 1. The second kappa shape index (κ2) is 6.53. The summed E-state index contributed by atoms with van der Waals surface area (Å²) < 4.78 is 0. The van der Waals surface area contributed by atoms with Crippen molar-refractivity contribution >= 4 is 5.91 Å². The van der Waals surface area contributed by atoms with Gasteiger partial charge in [0.25, 0.3) is 0 Å². The van der Waals surface area contributed by atoms with E-state index in [0.717, 1.165) is 39.0 Å². The Hall–Kier alpha value is -0.610. The third-order valence-corrected chi connectivity index (χ3v) is 4.41. The lowest BCUT2D eigenvalue weighted by atomic mass is 9.98. The average Bonchev–Trinajstić information content (AvgIpc) is 2.86. The quantitative estimate of drug-likeness (QED) is 0.809. The van der Waals surface area contributed by atoms with E-state index in [1.54, 1.807) is 0 Å². The second-order valence-electron chi connectivity index (χ2n) is 5.69. The van der Waals surface area contributed by atoms with Crippen LogP contribution in [0.15, 0.2) is 0 Å². The average molecular weight is 253 g/mol. The molecule has 1 unspecified atom stereocenters. The fourth-order valence-electron chi connectivity index (χ4n) is 3.30. The van der Waals surface area contributed by atoms with E-state index in [1.807, 2.05) is 11.9 Å². The molecule has 2 heterocycles. The molecule has 2 atom stereocenters. The van der Waals surface area contributed by atoms with Gasteiger partial charge in [0.1, 0.15) is 0 Å². The standard InChI is InChI=1S/C14H27N3O/c1-3-17-9-5-7-13(17)11-16(2)14(18)12-6-4-8-15-10-12/h12-13,15H,3-11H2,1-2H3/t12-,13?/m0/s1. The highest BCUT2D eigenvalue weighted by Crippen LogP contribution is 2.19. The number of rotatable bonds is 4. The topological polar surface area (TPSA) is 35.6 Å². The van der Waals surface area contributed by atoms with Crippen molar-refractivity contribution in [3.63, 3.8) is 0 Å². The number of amides is 1. The molecule has 0 radical (unpaired) electrons. The molecule has 0 aromatic carbocycles. The molecule has 0 saturated carbocycles. The van der Waals surface area contributed by atoms with Crippen LogP contribution in [0.1, 0.15) is 32.6 Å². The molecule has 2 fully saturated rings. The summed E-state index contributed by atoms with van der Waals surface area (Å²) in [6.45, 7) is 7.37. The summed E-state index contributed by atoms with van der Waals surface area (Å²) in [7, 11) is 1.98. The summed E-state index contributed by atoms with van der Waals surface area (Å²) >= 11 is 0. The number of nitrogens with zero attached hydrogens (tertiary/aromatic N) is 2. The number of hydrogen-bond acceptors (Lipinski definition) is 3. The van der Waals surface area contributed by atoms with Crippen LogP contribution in [0.2, 0.25) is 0 Å². The molecular weight excluding hydrogens is 226 g/mol. The van der Waals surface area contributed by atoms with Crippen LogP contribution in [-0.4, -0.2) is 61.5 Å². The molecule has 2 rings (SSSR count). The number of hydrogen-bond donors (Lipinski definition) is 1. The van der Waals surface area contributed by atoms with Crippen LogP contribution in [-0.2, 0) is 4.79 Å². The van der Waals surface area contributed by atoms with Crippen LogP contribution >= 0.6 is 0 Å². The molecule has 0 aromatic rings. The zero-order valence-corrected chi connectivity index (χ0v) is 11.8. The van der Waals surface area contributed by atoms with Crippen LogP contribution in [0.25, 0.3) is 0 Å². The molecule has 0 bridgehead atoms. The van der Waals surface area contributed by atoms with Crippen molar-refractivity contribution in [2.45, 2.75) is 38.6 Å². The van der Waals surface area contributed by atoms with Crippen molar-refractivity contribution in [3.8, 4) is 0 Å². The Labute approximate surface area is 111 Å². The van der Waals surface area contributed by atoms with E-state index < -0.39 is 0 Å². The van der Waals surface area contributed by atoms with E-state index in [9.17, 15) is 4.79 Å². The highest BCUT2D eigenvalue weighted by Gasteiger charge is 2.28. The van der Waals surface area contributed by atoms with E-state index in [4.69, 9.17) is 0 Å². The van der Waals surface area contributed by atoms with Crippen molar-refractivity contribution < 1.29 is 4.79 Å². The lowest BCUT2D eigenvalue weighted by Crippen LogP contribution is -2.46. The predicted molar refractivity (Wildman–Crippen MR) is 73.5 cm³/mol. The van der Waals surface area contributed by atoms with Gasteiger partial charge in [0.2, 0.25) is 5.91 Å². The highest BCUT2D eigenvalue weighted by molar-refractivity contribution is 5.79. The number of likely N-dealkylation sites (tertiary alicyclic amines) is 1. The maximum atomic E-state index is 12.3. The van der Waals surface area contributed by atoms with E-state index in [2.05, 4.69) is 17.1 Å². The lowest BCUT2D eigenvalue weighted by Gasteiger charge is -2.31. The van der Waals surface area contributed by atoms with Gasteiger partial charge in [-0.25, -0.2) is 0 Å². The van der Waals surface area contributed by atoms with Gasteiger partial charge in [-0.15, -0.1) is 0 Å². The van der Waals surface area contributed by atoms with Crippen molar-refractivity contribution in [2.24, 2.45) is 5.92 Å². The van der Waals surface area contributed by atoms with Crippen molar-refractivity contribution in [2.75, 3.05) is 39.8 Å². The molecule has 2 saturated heterocycles. The van der Waals surface area contributed by atoms with Gasteiger partial charge < -0.3 is 10.2 Å². The Balaban J connectivity index is 1.82. The van der Waals surface area contributed by atoms with Gasteiger partial charge in [-0.05, 0) is 45.3 Å². The van der Waals surface area contributed by atoms with Crippen LogP contribution in [0.4, 0.5) is 0 Å². The molecule has 1 amide bonds. The summed E-state index contributed by atoms with van der Waals surface area (Å²) in [5.74, 6) is 0.547. The first-order valence-electron chi connectivity index (χ1n) is 7.42. The lowest BCUT2D eigenvalue weighted by molar-refractivity contribution is -0.135. The van der Waals surface area contributed by atoms with Gasteiger partial charge in [0, 0.05) is 26.2 Å². The van der Waals surface area contributed by atoms with Gasteiger partial charge in [-0.1, -0.05) is 6.92 Å². The first-order chi connectivity index (χ1) is 8.72. The van der Waals surface area contributed by atoms with Crippen molar-refractivity contribution in [1.82, 2.24) is 15.1 Å². The Morgan fingerprint density at radius 3 is 2.89 bits per heavy atom. The Bertz CT molecular complexity index is 276. The molecule has 2 aliphatic rings. The van der Waals surface area contributed by atoms with Crippen molar-refractivity contribution in [1.29, 1.82) is 0 Å². The molecule has 0 aromatic heterocycles. The maximum absolute atomic E-state index is 12.3. The predicted octanol–water partition coefficient (Wildman–Crippen LogP) is 0.929. The molecule has 0 spiro atoms. The third kappa shape index (κ3) is 3.23. The number of likely N-dealkylation sites (N-methyl/N-ethyl adjacent to an activating group) is 2. The molecule has 4 nitrogen and oxygen atoms in total. The summed E-state index contributed by atoms with van der Waals surface area (Å²) in [5.41, 5.74) is 0. The molecule has 2 aliphatic heterocycles. The summed E-state index contributed by atoms with van der Waals surface area (Å²) in [6.07, 6.45) is 4.72. The van der Waals surface area contributed by atoms with Gasteiger partial charge in [0.15, 0.2) is 0 Å². The normalized spacial score (nSPS) is 29.4. The first-order valence-corrected chi connectivity index (χ1v) is 7.42. The fourth-order valence-corrected chi connectivity index (χ4v) is 3.30. The van der Waals surface area contributed by atoms with Gasteiger partial charge in [0.05, 0.1) is 5.92 Å². The van der Waals surface area contributed by atoms with Gasteiger partial charge in [-0.3, -0.25) is 9.69 Å². The third-order valence-electron chi connectivity index (χ3n) is 4.41. The molecule has 1 N–H and O–H groups in total. The number of carbonyl (C=O) groups excluding carboxylic acids is 1. The minimum Gasteiger partial charge on any atom is -0.344 e. The first kappa shape index (κ1) is 13.8. The van der Waals surface area contributed by atoms with Crippen LogP contribution in [0.3, 0.4) is 0 Å². The van der Waals surface area contributed by atoms with Crippen LogP contribution < -0.4 is 5.32 Å². The van der Waals surface area contributed by atoms with Crippen LogP contribution in [0, 0.1) is 5.92 Å². The molecular formula is C14H27N3O. The molecule has 4 heteroatoms. The minimum absolute atomic E-state index is 0.209. The SMILES string of the molecule is CCN1CCCC1CN(C)C(=O)[C@H]1CCCNC1.